The van der Waals surface area contributed by atoms with Crippen molar-refractivity contribution in [3.05, 3.63) is 53.4 Å². The fraction of sp³-hybridized carbons (Fsp3) is 0.286. The molecule has 0 aliphatic carbocycles. The van der Waals surface area contributed by atoms with Gasteiger partial charge in [0.2, 0.25) is 0 Å². The maximum atomic E-state index is 13.8. The fourth-order valence-electron chi connectivity index (χ4n) is 1.89. The first-order valence-electron chi connectivity index (χ1n) is 6.04. The number of hydrogen-bond donors (Lipinski definition) is 1. The molecule has 19 heavy (non-hydrogen) atoms. The van der Waals surface area contributed by atoms with Crippen LogP contribution in [0.1, 0.15) is 23.9 Å². The van der Waals surface area contributed by atoms with Crippen molar-refractivity contribution >= 4 is 0 Å². The van der Waals surface area contributed by atoms with Crippen molar-refractivity contribution in [3.8, 4) is 6.07 Å². The van der Waals surface area contributed by atoms with Gasteiger partial charge in [-0.1, -0.05) is 6.07 Å². The van der Waals surface area contributed by atoms with Crippen LogP contribution < -0.4 is 5.73 Å². The first-order chi connectivity index (χ1) is 9.10. The molecule has 0 fully saturated rings. The van der Waals surface area contributed by atoms with E-state index in [1.807, 2.05) is 17.6 Å². The van der Waals surface area contributed by atoms with Gasteiger partial charge in [0.25, 0.3) is 0 Å². The highest BCUT2D eigenvalue weighted by atomic mass is 19.1. The van der Waals surface area contributed by atoms with Gasteiger partial charge >= 0.3 is 0 Å². The lowest BCUT2D eigenvalue weighted by atomic mass is 10.1. The van der Waals surface area contributed by atoms with Crippen LogP contribution in [0.2, 0.25) is 0 Å². The van der Waals surface area contributed by atoms with Crippen LogP contribution in [-0.4, -0.2) is 15.6 Å². The van der Waals surface area contributed by atoms with Crippen LogP contribution in [0.3, 0.4) is 0 Å². The van der Waals surface area contributed by atoms with Gasteiger partial charge in [0.1, 0.15) is 11.6 Å². The molecule has 4 nitrogen and oxygen atoms in total. The molecule has 0 amide bonds. The van der Waals surface area contributed by atoms with Gasteiger partial charge < -0.3 is 10.3 Å². The van der Waals surface area contributed by atoms with E-state index in [0.717, 1.165) is 5.82 Å². The van der Waals surface area contributed by atoms with Gasteiger partial charge in [-0.05, 0) is 19.1 Å². The molecule has 0 saturated carbocycles. The molecule has 1 heterocycles. The van der Waals surface area contributed by atoms with E-state index in [0.29, 0.717) is 24.1 Å². The second-order valence-corrected chi connectivity index (χ2v) is 4.57. The molecule has 0 radical (unpaired) electrons. The summed E-state index contributed by atoms with van der Waals surface area (Å²) in [6.45, 7) is 2.29. The van der Waals surface area contributed by atoms with Crippen molar-refractivity contribution < 1.29 is 4.39 Å². The Morgan fingerprint density at radius 1 is 1.53 bits per heavy atom. The molecule has 1 aromatic heterocycles. The summed E-state index contributed by atoms with van der Waals surface area (Å²) >= 11 is 0. The van der Waals surface area contributed by atoms with E-state index in [1.165, 1.54) is 6.07 Å². The molecule has 2 aromatic rings. The summed E-state index contributed by atoms with van der Waals surface area (Å²) in [5.41, 5.74) is 6.60. The highest BCUT2D eigenvalue weighted by Crippen LogP contribution is 2.13. The first kappa shape index (κ1) is 13.2. The van der Waals surface area contributed by atoms with Crippen LogP contribution >= 0.6 is 0 Å². The first-order valence-corrected chi connectivity index (χ1v) is 6.04. The molecule has 1 unspecified atom stereocenters. The molecule has 2 N–H and O–H groups in total. The fourth-order valence-corrected chi connectivity index (χ4v) is 1.89. The second-order valence-electron chi connectivity index (χ2n) is 4.57. The molecule has 98 valence electrons. The van der Waals surface area contributed by atoms with Crippen molar-refractivity contribution in [2.45, 2.75) is 25.9 Å². The van der Waals surface area contributed by atoms with Crippen LogP contribution in [0.25, 0.3) is 0 Å². The number of nitrogens with zero attached hydrogens (tertiary/aromatic N) is 3. The highest BCUT2D eigenvalue weighted by molar-refractivity contribution is 5.33. The van der Waals surface area contributed by atoms with E-state index in [4.69, 9.17) is 11.0 Å². The van der Waals surface area contributed by atoms with Crippen molar-refractivity contribution in [3.63, 3.8) is 0 Å². The van der Waals surface area contributed by atoms with Crippen molar-refractivity contribution in [1.29, 1.82) is 5.26 Å². The molecule has 2 rings (SSSR count). The number of hydrogen-bond acceptors (Lipinski definition) is 3. The van der Waals surface area contributed by atoms with E-state index in [9.17, 15) is 4.39 Å². The van der Waals surface area contributed by atoms with E-state index < -0.39 is 0 Å². The molecule has 5 heteroatoms. The Morgan fingerprint density at radius 2 is 2.32 bits per heavy atom. The maximum Gasteiger partial charge on any atom is 0.129 e. The lowest BCUT2D eigenvalue weighted by Crippen LogP contribution is -2.20. The summed E-state index contributed by atoms with van der Waals surface area (Å²) in [4.78, 5) is 4.22. The van der Waals surface area contributed by atoms with E-state index in [-0.39, 0.29) is 11.9 Å². The van der Waals surface area contributed by atoms with E-state index in [1.54, 1.807) is 24.5 Å². The topological polar surface area (TPSA) is 67.6 Å². The minimum atomic E-state index is -0.375. The van der Waals surface area contributed by atoms with Crippen molar-refractivity contribution in [2.75, 3.05) is 0 Å². The average Bonchev–Trinajstić information content (AvgIpc) is 2.78. The number of halogens is 1. The predicted octanol–water partition coefficient (Wildman–Crippen LogP) is 1.83. The van der Waals surface area contributed by atoms with Gasteiger partial charge in [-0.2, -0.15) is 5.26 Å². The Morgan fingerprint density at radius 3 is 2.95 bits per heavy atom. The SMILES string of the molecule is CC(N)Cc1nccn1Cc1ccc(C#N)cc1F. The number of rotatable bonds is 4. The highest BCUT2D eigenvalue weighted by Gasteiger charge is 2.09. The molecule has 0 bridgehead atoms. The molecule has 0 spiro atoms. The third-order valence-electron chi connectivity index (χ3n) is 2.83. The maximum absolute atomic E-state index is 13.8. The van der Waals surface area contributed by atoms with Gasteiger partial charge in [-0.25, -0.2) is 9.37 Å². The third kappa shape index (κ3) is 3.18. The molecular formula is C14H15FN4. The van der Waals surface area contributed by atoms with Gasteiger partial charge in [0, 0.05) is 30.4 Å². The van der Waals surface area contributed by atoms with Gasteiger partial charge in [-0.15, -0.1) is 0 Å². The molecule has 1 atom stereocenters. The van der Waals surface area contributed by atoms with Gasteiger partial charge in [0.15, 0.2) is 0 Å². The number of aromatic nitrogens is 2. The molecular weight excluding hydrogens is 243 g/mol. The normalized spacial score (nSPS) is 12.1. The number of imidazole rings is 1. The lowest BCUT2D eigenvalue weighted by Gasteiger charge is -2.10. The smallest absolute Gasteiger partial charge is 0.129 e. The Kier molecular flexibility index (Phi) is 3.93. The van der Waals surface area contributed by atoms with Crippen LogP contribution in [-0.2, 0) is 13.0 Å². The van der Waals surface area contributed by atoms with E-state index >= 15 is 0 Å². The summed E-state index contributed by atoms with van der Waals surface area (Å²) in [6, 6.07) is 6.41. The van der Waals surface area contributed by atoms with Crippen LogP contribution in [0.15, 0.2) is 30.6 Å². The van der Waals surface area contributed by atoms with Gasteiger partial charge in [-0.3, -0.25) is 0 Å². The quantitative estimate of drug-likeness (QED) is 0.909. The summed E-state index contributed by atoms with van der Waals surface area (Å²) in [6.07, 6.45) is 4.12. The Hall–Kier alpha value is -2.19. The summed E-state index contributed by atoms with van der Waals surface area (Å²) < 4.78 is 15.7. The standard InChI is InChI=1S/C14H15FN4/c1-10(17)6-14-18-4-5-19(14)9-12-3-2-11(8-16)7-13(12)15/h2-5,7,10H,6,9,17H2,1H3. The minimum absolute atomic E-state index is 0.00645. The second kappa shape index (κ2) is 5.63. The predicted molar refractivity (Wildman–Crippen MR) is 69.8 cm³/mol. The zero-order chi connectivity index (χ0) is 13.8. The number of nitriles is 1. The van der Waals surface area contributed by atoms with Gasteiger partial charge in [0.05, 0.1) is 18.2 Å². The number of benzene rings is 1. The number of nitrogens with two attached hydrogens (primary N) is 1. The molecule has 1 aromatic carbocycles. The third-order valence-corrected chi connectivity index (χ3v) is 2.83. The average molecular weight is 258 g/mol. The largest absolute Gasteiger partial charge is 0.330 e. The zero-order valence-corrected chi connectivity index (χ0v) is 10.7. The Labute approximate surface area is 111 Å². The van der Waals surface area contributed by atoms with Crippen molar-refractivity contribution in [2.24, 2.45) is 5.73 Å². The lowest BCUT2D eigenvalue weighted by molar-refractivity contribution is 0.587. The molecule has 0 aliphatic heterocycles. The van der Waals surface area contributed by atoms with E-state index in [2.05, 4.69) is 4.98 Å². The summed E-state index contributed by atoms with van der Waals surface area (Å²) in [5.74, 6) is 0.457. The summed E-state index contributed by atoms with van der Waals surface area (Å²) in [7, 11) is 0. The van der Waals surface area contributed by atoms with Crippen molar-refractivity contribution in [1.82, 2.24) is 9.55 Å². The van der Waals surface area contributed by atoms with Crippen LogP contribution in [0, 0.1) is 17.1 Å². The van der Waals surface area contributed by atoms with Crippen LogP contribution in [0.4, 0.5) is 4.39 Å². The molecule has 0 saturated heterocycles. The molecule has 0 aliphatic rings. The summed E-state index contributed by atoms with van der Waals surface area (Å²) in [5, 5.41) is 8.71. The Balaban J connectivity index is 2.22. The zero-order valence-electron chi connectivity index (χ0n) is 10.7. The van der Waals surface area contributed by atoms with Crippen LogP contribution in [0.5, 0.6) is 0 Å². The monoisotopic (exact) mass is 258 g/mol. The minimum Gasteiger partial charge on any atom is -0.330 e. The Bertz CT molecular complexity index is 610.